The standard InChI is InChI=1S/C40H71N7O17/c1-6-7-8-9-10-11-12-13-14-15-16-40(5,64)29(52)18-30(53)43-26(19-48)36(59)42-22(2)33(56)44-25(17-31(54)55)35(58)41-23(3)34(57)45-27(20-49)37(60)46-28(21-50)38(61)47-32(24(4)51)39(62)63/h22-29,32,48-52,64H,6-21H2,1-5H3,(H,41,58)(H,42,59)(H,43,53)(H,44,56)(H,45,57)(H,46,60)(H,47,61)(H,54,55)(H,62,63)/t22-,23+,24-,25-,26+,27-,28-,29?,32-,40?/m1/s1. The first-order chi connectivity index (χ1) is 29.9. The first-order valence-electron chi connectivity index (χ1n) is 21.4. The van der Waals surface area contributed by atoms with E-state index >= 15 is 0 Å². The van der Waals surface area contributed by atoms with Crippen molar-refractivity contribution < 1.29 is 84.0 Å². The predicted molar refractivity (Wildman–Crippen MR) is 225 cm³/mol. The Kier molecular flexibility index (Phi) is 28.5. The van der Waals surface area contributed by atoms with Gasteiger partial charge >= 0.3 is 11.9 Å². The summed E-state index contributed by atoms with van der Waals surface area (Å²) in [5.74, 6) is -11.1. The van der Waals surface area contributed by atoms with Crippen LogP contribution in [0.25, 0.3) is 0 Å². The molecule has 0 saturated carbocycles. The number of aliphatic hydroxyl groups excluding tert-OH is 5. The Morgan fingerprint density at radius 3 is 1.30 bits per heavy atom. The van der Waals surface area contributed by atoms with Gasteiger partial charge in [-0.15, -0.1) is 0 Å². The summed E-state index contributed by atoms with van der Waals surface area (Å²) in [5, 5.41) is 93.2. The number of aliphatic hydroxyl groups is 6. The third-order valence-corrected chi connectivity index (χ3v) is 10.2. The lowest BCUT2D eigenvalue weighted by molar-refractivity contribution is -0.145. The topological polar surface area (TPSA) is 400 Å². The summed E-state index contributed by atoms with van der Waals surface area (Å²) in [5.41, 5.74) is -1.62. The van der Waals surface area contributed by atoms with Crippen molar-refractivity contribution >= 4 is 53.3 Å². The normalized spacial score (nSPS) is 16.4. The first-order valence-corrected chi connectivity index (χ1v) is 21.4. The number of hydrogen-bond acceptors (Lipinski definition) is 15. The highest BCUT2D eigenvalue weighted by atomic mass is 16.4. The van der Waals surface area contributed by atoms with Crippen LogP contribution in [0.1, 0.15) is 118 Å². The lowest BCUT2D eigenvalue weighted by Gasteiger charge is -2.29. The van der Waals surface area contributed by atoms with Gasteiger partial charge in [-0.05, 0) is 34.1 Å². The second-order valence-electron chi connectivity index (χ2n) is 16.0. The number of carbonyl (C=O) groups excluding carboxylic acids is 7. The SMILES string of the molecule is CCCCCCCCCCCCC(C)(O)C(O)CC(=O)N[C@@H](CO)C(=O)N[C@H](C)C(=O)N[C@H](CC(=O)O)C(=O)N[C@@H](C)C(=O)N[C@H](CO)C(=O)N[C@H](CO)C(=O)N[C@@H](C(=O)O)[C@@H](C)O. The van der Waals surface area contributed by atoms with Gasteiger partial charge in [0.1, 0.15) is 36.3 Å². The van der Waals surface area contributed by atoms with Crippen LogP contribution < -0.4 is 37.2 Å². The van der Waals surface area contributed by atoms with Crippen molar-refractivity contribution in [1.82, 2.24) is 37.2 Å². The van der Waals surface area contributed by atoms with E-state index in [1.807, 2.05) is 10.6 Å². The molecule has 0 saturated heterocycles. The predicted octanol–water partition coefficient (Wildman–Crippen LogP) is -3.85. The Balaban J connectivity index is 5.28. The molecule has 24 heteroatoms. The summed E-state index contributed by atoms with van der Waals surface area (Å²) >= 11 is 0. The molecular formula is C40H71N7O17. The molecule has 0 aromatic carbocycles. The average Bonchev–Trinajstić information content (AvgIpc) is 3.22. The van der Waals surface area contributed by atoms with Crippen LogP contribution in [0, 0.1) is 0 Å². The molecule has 0 aromatic heterocycles. The van der Waals surface area contributed by atoms with Gasteiger partial charge in [0.15, 0.2) is 6.04 Å². The molecule has 10 atom stereocenters. The third kappa shape index (κ3) is 23.1. The van der Waals surface area contributed by atoms with E-state index in [2.05, 4.69) is 33.5 Å². The molecule has 7 amide bonds. The van der Waals surface area contributed by atoms with Gasteiger partial charge in [0.2, 0.25) is 41.4 Å². The van der Waals surface area contributed by atoms with Gasteiger partial charge in [0.05, 0.1) is 50.5 Å². The minimum absolute atomic E-state index is 0.215. The van der Waals surface area contributed by atoms with Crippen molar-refractivity contribution in [1.29, 1.82) is 0 Å². The van der Waals surface area contributed by atoms with Crippen molar-refractivity contribution in [3.8, 4) is 0 Å². The van der Waals surface area contributed by atoms with E-state index < -0.39 is 146 Å². The smallest absolute Gasteiger partial charge is 0.328 e. The Hall–Kier alpha value is -5.01. The Labute approximate surface area is 372 Å². The fourth-order valence-corrected chi connectivity index (χ4v) is 6.02. The van der Waals surface area contributed by atoms with Crippen LogP contribution in [0.4, 0.5) is 0 Å². The molecule has 0 aromatic rings. The highest BCUT2D eigenvalue weighted by Gasteiger charge is 2.35. The maximum atomic E-state index is 13.1. The van der Waals surface area contributed by atoms with Gasteiger partial charge < -0.3 is 78.1 Å². The number of hydrogen-bond donors (Lipinski definition) is 15. The van der Waals surface area contributed by atoms with Crippen LogP contribution in [-0.4, -0.2) is 174 Å². The van der Waals surface area contributed by atoms with Crippen molar-refractivity contribution in [2.45, 2.75) is 178 Å². The summed E-state index contributed by atoms with van der Waals surface area (Å²) in [4.78, 5) is 112. The number of amides is 7. The maximum Gasteiger partial charge on any atom is 0.328 e. The first kappa shape index (κ1) is 59.0. The van der Waals surface area contributed by atoms with Gasteiger partial charge in [-0.3, -0.25) is 38.4 Å². The van der Waals surface area contributed by atoms with Crippen molar-refractivity contribution in [3.05, 3.63) is 0 Å². The number of carboxylic acid groups (broad SMARTS) is 2. The monoisotopic (exact) mass is 921 g/mol. The van der Waals surface area contributed by atoms with Gasteiger partial charge in [-0.25, -0.2) is 4.79 Å². The third-order valence-electron chi connectivity index (χ3n) is 10.2. The van der Waals surface area contributed by atoms with Crippen molar-refractivity contribution in [2.75, 3.05) is 19.8 Å². The minimum Gasteiger partial charge on any atom is -0.481 e. The molecule has 0 aliphatic rings. The van der Waals surface area contributed by atoms with E-state index in [-0.39, 0.29) is 6.42 Å². The van der Waals surface area contributed by atoms with E-state index in [4.69, 9.17) is 5.11 Å². The number of nitrogens with one attached hydrogen (secondary N) is 7. The Bertz CT molecular complexity index is 1530. The highest BCUT2D eigenvalue weighted by molar-refractivity contribution is 5.98. The number of rotatable bonds is 34. The zero-order valence-corrected chi connectivity index (χ0v) is 37.3. The maximum absolute atomic E-state index is 13.1. The van der Waals surface area contributed by atoms with Crippen LogP contribution in [0.3, 0.4) is 0 Å². The van der Waals surface area contributed by atoms with E-state index in [0.717, 1.165) is 46.5 Å². The lowest BCUT2D eigenvalue weighted by atomic mass is 9.90. The zero-order chi connectivity index (χ0) is 49.2. The molecule has 64 heavy (non-hydrogen) atoms. The molecule has 2 unspecified atom stereocenters. The largest absolute Gasteiger partial charge is 0.481 e. The summed E-state index contributed by atoms with van der Waals surface area (Å²) in [6, 6.07) is -12.0. The van der Waals surface area contributed by atoms with E-state index in [1.54, 1.807) is 0 Å². The molecule has 0 radical (unpaired) electrons. The van der Waals surface area contributed by atoms with Gasteiger partial charge in [0, 0.05) is 0 Å². The fraction of sp³-hybridized carbons (Fsp3) is 0.775. The summed E-state index contributed by atoms with van der Waals surface area (Å²) < 4.78 is 0. The summed E-state index contributed by atoms with van der Waals surface area (Å²) in [6.07, 6.45) is 6.15. The molecule has 0 bridgehead atoms. The highest BCUT2D eigenvalue weighted by Crippen LogP contribution is 2.22. The summed E-state index contributed by atoms with van der Waals surface area (Å²) in [7, 11) is 0. The van der Waals surface area contributed by atoms with E-state index in [9.17, 15) is 78.9 Å². The van der Waals surface area contributed by atoms with Crippen LogP contribution in [0.5, 0.6) is 0 Å². The molecule has 0 aliphatic heterocycles. The molecule has 0 spiro atoms. The number of unbranched alkanes of at least 4 members (excludes halogenated alkanes) is 9. The van der Waals surface area contributed by atoms with Gasteiger partial charge in [-0.2, -0.15) is 0 Å². The number of carbonyl (C=O) groups is 9. The molecule has 0 aliphatic carbocycles. The molecule has 15 N–H and O–H groups in total. The molecule has 0 rings (SSSR count). The van der Waals surface area contributed by atoms with Crippen molar-refractivity contribution in [2.24, 2.45) is 0 Å². The second kappa shape index (κ2) is 31.0. The Morgan fingerprint density at radius 1 is 0.500 bits per heavy atom. The molecular weight excluding hydrogens is 850 g/mol. The minimum atomic E-state index is -1.86. The fourth-order valence-electron chi connectivity index (χ4n) is 6.02. The van der Waals surface area contributed by atoms with Gasteiger partial charge in [-0.1, -0.05) is 71.1 Å². The van der Waals surface area contributed by atoms with Crippen molar-refractivity contribution in [3.63, 3.8) is 0 Å². The quantitative estimate of drug-likeness (QED) is 0.0275. The zero-order valence-electron chi connectivity index (χ0n) is 37.3. The molecule has 24 nitrogen and oxygen atoms in total. The lowest BCUT2D eigenvalue weighted by Crippen LogP contribution is -2.61. The Morgan fingerprint density at radius 2 is 0.875 bits per heavy atom. The average molecular weight is 922 g/mol. The van der Waals surface area contributed by atoms with Crippen LogP contribution in [-0.2, 0) is 43.2 Å². The van der Waals surface area contributed by atoms with E-state index in [0.29, 0.717) is 6.42 Å². The van der Waals surface area contributed by atoms with Crippen LogP contribution in [0.15, 0.2) is 0 Å². The van der Waals surface area contributed by atoms with Crippen LogP contribution in [0.2, 0.25) is 0 Å². The number of carboxylic acids is 2. The number of aliphatic carboxylic acids is 2. The molecule has 0 fully saturated rings. The molecule has 368 valence electrons. The second-order valence-corrected chi connectivity index (χ2v) is 16.0. The van der Waals surface area contributed by atoms with Crippen LogP contribution >= 0.6 is 0 Å². The molecule has 0 heterocycles. The summed E-state index contributed by atoms with van der Waals surface area (Å²) in [6.45, 7) is 3.71. The van der Waals surface area contributed by atoms with E-state index in [1.165, 1.54) is 39.0 Å². The van der Waals surface area contributed by atoms with Gasteiger partial charge in [0.25, 0.3) is 0 Å².